The van der Waals surface area contributed by atoms with Crippen molar-refractivity contribution < 1.29 is 19.7 Å². The van der Waals surface area contributed by atoms with Gasteiger partial charge in [0.1, 0.15) is 17.2 Å². The molecule has 0 atom stereocenters. The summed E-state index contributed by atoms with van der Waals surface area (Å²) in [4.78, 5) is 12.8. The Labute approximate surface area is 158 Å². The van der Waals surface area contributed by atoms with Gasteiger partial charge in [-0.15, -0.1) is 0 Å². The molecule has 0 aliphatic rings. The average Bonchev–Trinajstić information content (AvgIpc) is 2.69. The predicted octanol–water partition coefficient (Wildman–Crippen LogP) is 4.51. The number of phenols is 2. The Balaban J connectivity index is 1.85. The molecule has 3 aromatic rings. The Hall–Kier alpha value is -3.27. The van der Waals surface area contributed by atoms with Crippen LogP contribution >= 0.6 is 0 Å². The highest BCUT2D eigenvalue weighted by Gasteiger charge is 2.17. The van der Waals surface area contributed by atoms with Gasteiger partial charge in [-0.05, 0) is 35.2 Å². The summed E-state index contributed by atoms with van der Waals surface area (Å²) in [5.41, 5.74) is 2.79. The molecule has 0 heterocycles. The van der Waals surface area contributed by atoms with E-state index >= 15 is 0 Å². The molecule has 2 N–H and O–H groups in total. The zero-order valence-corrected chi connectivity index (χ0v) is 15.2. The summed E-state index contributed by atoms with van der Waals surface area (Å²) in [7, 11) is 1.48. The van der Waals surface area contributed by atoms with Crippen molar-refractivity contribution >= 4 is 5.78 Å². The third kappa shape index (κ3) is 4.47. The molecule has 0 fully saturated rings. The highest BCUT2D eigenvalue weighted by Crippen LogP contribution is 2.32. The number of aromatic hydroxyl groups is 2. The Morgan fingerprint density at radius 1 is 0.889 bits per heavy atom. The minimum absolute atomic E-state index is 0.0368. The molecule has 0 aliphatic carbocycles. The molecule has 138 valence electrons. The molecule has 0 bridgehead atoms. The quantitative estimate of drug-likeness (QED) is 0.607. The first-order valence-electron chi connectivity index (χ1n) is 8.82. The summed E-state index contributed by atoms with van der Waals surface area (Å²) in [5.74, 6) is 0.500. The molecule has 4 nitrogen and oxygen atoms in total. The molecule has 4 heteroatoms. The molecule has 0 unspecified atom stereocenters. The zero-order valence-electron chi connectivity index (χ0n) is 15.2. The number of hydrogen-bond donors (Lipinski definition) is 2. The second-order valence-electron chi connectivity index (χ2n) is 6.40. The van der Waals surface area contributed by atoms with Gasteiger partial charge in [-0.1, -0.05) is 48.5 Å². The minimum Gasteiger partial charge on any atom is -0.508 e. The van der Waals surface area contributed by atoms with Gasteiger partial charge in [-0.25, -0.2) is 0 Å². The third-order valence-electron chi connectivity index (χ3n) is 4.56. The number of phenolic OH excluding ortho intramolecular Hbond substituents is 2. The van der Waals surface area contributed by atoms with Gasteiger partial charge >= 0.3 is 0 Å². The summed E-state index contributed by atoms with van der Waals surface area (Å²) in [6, 6.07) is 19.9. The number of para-hydroxylation sites is 1. The number of aryl methyl sites for hydroxylation is 1. The maximum Gasteiger partial charge on any atom is 0.166 e. The maximum atomic E-state index is 12.8. The lowest BCUT2D eigenvalue weighted by molar-refractivity contribution is 0.0979. The topological polar surface area (TPSA) is 66.8 Å². The molecular formula is C23H22O4. The normalized spacial score (nSPS) is 10.6. The van der Waals surface area contributed by atoms with E-state index in [1.54, 1.807) is 24.3 Å². The van der Waals surface area contributed by atoms with Gasteiger partial charge in [-0.2, -0.15) is 0 Å². The van der Waals surface area contributed by atoms with Crippen LogP contribution in [-0.4, -0.2) is 23.1 Å². The molecule has 0 aliphatic heterocycles. The van der Waals surface area contributed by atoms with Crippen LogP contribution in [0.2, 0.25) is 0 Å². The summed E-state index contributed by atoms with van der Waals surface area (Å²) in [5, 5.41) is 20.3. The molecule has 0 saturated carbocycles. The van der Waals surface area contributed by atoms with Crippen molar-refractivity contribution in [1.82, 2.24) is 0 Å². The minimum atomic E-state index is -0.0470. The fourth-order valence-corrected chi connectivity index (χ4v) is 3.05. The maximum absolute atomic E-state index is 12.8. The number of ketones is 1. The number of methoxy groups -OCH3 is 1. The Morgan fingerprint density at radius 2 is 1.59 bits per heavy atom. The Bertz CT molecular complexity index is 932. The van der Waals surface area contributed by atoms with E-state index in [-0.39, 0.29) is 17.3 Å². The van der Waals surface area contributed by atoms with Crippen LogP contribution in [0.5, 0.6) is 17.2 Å². The molecule has 0 saturated heterocycles. The van der Waals surface area contributed by atoms with E-state index in [4.69, 9.17) is 4.74 Å². The van der Waals surface area contributed by atoms with Crippen LogP contribution in [0.4, 0.5) is 0 Å². The number of benzene rings is 3. The van der Waals surface area contributed by atoms with Crippen LogP contribution in [0.25, 0.3) is 0 Å². The molecule has 0 amide bonds. The highest BCUT2D eigenvalue weighted by molar-refractivity contribution is 5.99. The molecule has 0 spiro atoms. The van der Waals surface area contributed by atoms with E-state index in [1.807, 2.05) is 36.4 Å². The second-order valence-corrected chi connectivity index (χ2v) is 6.40. The largest absolute Gasteiger partial charge is 0.508 e. The van der Waals surface area contributed by atoms with Gasteiger partial charge in [-0.3, -0.25) is 4.79 Å². The van der Waals surface area contributed by atoms with E-state index in [2.05, 4.69) is 0 Å². The first-order chi connectivity index (χ1) is 13.1. The van der Waals surface area contributed by atoms with E-state index in [0.29, 0.717) is 41.7 Å². The van der Waals surface area contributed by atoms with Crippen molar-refractivity contribution in [3.63, 3.8) is 0 Å². The number of Topliss-reactive ketones (excluding diaryl/α,β-unsaturated/α-hetero) is 1. The van der Waals surface area contributed by atoms with Crippen molar-refractivity contribution in [2.24, 2.45) is 0 Å². The number of hydrogen-bond acceptors (Lipinski definition) is 4. The van der Waals surface area contributed by atoms with Crippen LogP contribution < -0.4 is 4.74 Å². The predicted molar refractivity (Wildman–Crippen MR) is 105 cm³/mol. The van der Waals surface area contributed by atoms with Crippen LogP contribution in [-0.2, 0) is 12.8 Å². The van der Waals surface area contributed by atoms with Crippen molar-refractivity contribution in [3.05, 3.63) is 89.0 Å². The first kappa shape index (κ1) is 18.5. The lowest BCUT2D eigenvalue weighted by Gasteiger charge is -2.13. The van der Waals surface area contributed by atoms with Crippen molar-refractivity contribution in [2.45, 2.75) is 19.3 Å². The molecule has 3 aromatic carbocycles. The molecule has 0 radical (unpaired) electrons. The van der Waals surface area contributed by atoms with Gasteiger partial charge in [0.2, 0.25) is 0 Å². The fraction of sp³-hybridized carbons (Fsp3) is 0.174. The molecule has 27 heavy (non-hydrogen) atoms. The molecule has 3 rings (SSSR count). The van der Waals surface area contributed by atoms with Crippen LogP contribution in [0.3, 0.4) is 0 Å². The number of carbonyl (C=O) groups is 1. The van der Waals surface area contributed by atoms with Gasteiger partial charge < -0.3 is 14.9 Å². The van der Waals surface area contributed by atoms with Gasteiger partial charge in [0.05, 0.1) is 12.7 Å². The van der Waals surface area contributed by atoms with Gasteiger partial charge in [0.15, 0.2) is 5.78 Å². The monoisotopic (exact) mass is 362 g/mol. The molecular weight excluding hydrogens is 340 g/mol. The summed E-state index contributed by atoms with van der Waals surface area (Å²) in [6.45, 7) is 0. The summed E-state index contributed by atoms with van der Waals surface area (Å²) in [6.07, 6.45) is 1.31. The van der Waals surface area contributed by atoms with E-state index in [9.17, 15) is 15.0 Å². The van der Waals surface area contributed by atoms with E-state index in [1.165, 1.54) is 13.2 Å². The van der Waals surface area contributed by atoms with Crippen LogP contribution in [0.15, 0.2) is 66.7 Å². The summed E-state index contributed by atoms with van der Waals surface area (Å²) >= 11 is 0. The zero-order chi connectivity index (χ0) is 19.2. The second kappa shape index (κ2) is 8.41. The SMILES string of the molecule is COc1cc(O)c(Cc2ccccc2O)cc1C(=O)CCc1ccccc1. The van der Waals surface area contributed by atoms with Gasteiger partial charge in [0, 0.05) is 18.9 Å². The number of rotatable bonds is 7. The first-order valence-corrected chi connectivity index (χ1v) is 8.82. The van der Waals surface area contributed by atoms with Gasteiger partial charge in [0.25, 0.3) is 0 Å². The Morgan fingerprint density at radius 3 is 2.30 bits per heavy atom. The Kier molecular flexibility index (Phi) is 5.77. The third-order valence-corrected chi connectivity index (χ3v) is 4.56. The van der Waals surface area contributed by atoms with Crippen molar-refractivity contribution in [3.8, 4) is 17.2 Å². The van der Waals surface area contributed by atoms with Crippen molar-refractivity contribution in [1.29, 1.82) is 0 Å². The average molecular weight is 362 g/mol. The number of ether oxygens (including phenoxy) is 1. The molecule has 0 aromatic heterocycles. The standard InChI is InChI=1S/C23H22O4/c1-27-23-15-22(26)18(13-17-9-5-6-10-20(17)24)14-19(23)21(25)12-11-16-7-3-2-4-8-16/h2-10,14-15,24,26H,11-13H2,1H3. The lowest BCUT2D eigenvalue weighted by Crippen LogP contribution is -2.05. The van der Waals surface area contributed by atoms with E-state index in [0.717, 1.165) is 5.56 Å². The van der Waals surface area contributed by atoms with Crippen LogP contribution in [0.1, 0.15) is 33.5 Å². The van der Waals surface area contributed by atoms with Crippen molar-refractivity contribution in [2.75, 3.05) is 7.11 Å². The number of carbonyl (C=O) groups excluding carboxylic acids is 1. The smallest absolute Gasteiger partial charge is 0.166 e. The summed E-state index contributed by atoms with van der Waals surface area (Å²) < 4.78 is 5.30. The highest BCUT2D eigenvalue weighted by atomic mass is 16.5. The lowest BCUT2D eigenvalue weighted by atomic mass is 9.96. The fourth-order valence-electron chi connectivity index (χ4n) is 3.05. The van der Waals surface area contributed by atoms with E-state index < -0.39 is 0 Å². The van der Waals surface area contributed by atoms with Crippen LogP contribution in [0, 0.1) is 0 Å².